The van der Waals surface area contributed by atoms with E-state index < -0.39 is 12.0 Å². The number of carbonyl (C=O) groups is 3. The van der Waals surface area contributed by atoms with Gasteiger partial charge in [-0.25, -0.2) is 0 Å². The maximum atomic E-state index is 12.4. The number of carboxylic acid groups (broad SMARTS) is 1. The molecule has 0 radical (unpaired) electrons. The number of nitrogens with one attached hydrogen (secondary N) is 1. The molecule has 0 spiro atoms. The van der Waals surface area contributed by atoms with Gasteiger partial charge in [0.05, 0.1) is 12.5 Å². The van der Waals surface area contributed by atoms with Crippen molar-refractivity contribution in [2.24, 2.45) is 0 Å². The van der Waals surface area contributed by atoms with E-state index in [0.717, 1.165) is 6.42 Å². The number of hydrogen-bond acceptors (Lipinski definition) is 4. The monoisotopic (exact) mass is 420 g/mol. The normalized spacial score (nSPS) is 14.2. The second-order valence-electron chi connectivity index (χ2n) is 6.70. The number of hydrogen-bond donors (Lipinski definition) is 2. The highest BCUT2D eigenvalue weighted by Crippen LogP contribution is 2.24. The van der Waals surface area contributed by atoms with E-state index >= 15 is 0 Å². The topological polar surface area (TPSA) is 86.7 Å². The molecule has 148 valence electrons. The number of fused-ring (bicyclic) bond motifs is 1. The summed E-state index contributed by atoms with van der Waals surface area (Å²) in [5.74, 6) is -1.42. The summed E-state index contributed by atoms with van der Waals surface area (Å²) in [7, 11) is 0. The number of carbonyl (C=O) groups excluding carboxylic acids is 2. The molecule has 2 N–H and O–H groups in total. The molecule has 0 saturated heterocycles. The van der Waals surface area contributed by atoms with E-state index in [1.807, 2.05) is 11.4 Å². The van der Waals surface area contributed by atoms with Gasteiger partial charge in [-0.1, -0.05) is 23.7 Å². The van der Waals surface area contributed by atoms with Crippen molar-refractivity contribution >= 4 is 40.7 Å². The summed E-state index contributed by atoms with van der Waals surface area (Å²) in [6.45, 7) is 1.26. The summed E-state index contributed by atoms with van der Waals surface area (Å²) in [5.41, 5.74) is 1.84. The molecule has 28 heavy (non-hydrogen) atoms. The van der Waals surface area contributed by atoms with E-state index in [0.29, 0.717) is 23.7 Å². The van der Waals surface area contributed by atoms with Crippen LogP contribution < -0.4 is 5.32 Å². The first-order valence-electron chi connectivity index (χ1n) is 9.02. The molecule has 0 fully saturated rings. The summed E-state index contributed by atoms with van der Waals surface area (Å²) in [6.07, 6.45) is 0.734. The van der Waals surface area contributed by atoms with Crippen LogP contribution in [-0.2, 0) is 27.3 Å². The molecular weight excluding hydrogens is 400 g/mol. The second-order valence-corrected chi connectivity index (χ2v) is 8.14. The van der Waals surface area contributed by atoms with Gasteiger partial charge in [-0.3, -0.25) is 14.4 Å². The molecule has 6 nitrogen and oxygen atoms in total. The van der Waals surface area contributed by atoms with Crippen LogP contribution in [0.4, 0.5) is 0 Å². The molecule has 8 heteroatoms. The van der Waals surface area contributed by atoms with Crippen molar-refractivity contribution < 1.29 is 19.5 Å². The molecule has 1 aliphatic heterocycles. The van der Waals surface area contributed by atoms with E-state index in [2.05, 4.69) is 5.32 Å². The van der Waals surface area contributed by atoms with Gasteiger partial charge in [0.15, 0.2) is 0 Å². The highest BCUT2D eigenvalue weighted by molar-refractivity contribution is 7.10. The van der Waals surface area contributed by atoms with Crippen LogP contribution in [-0.4, -0.2) is 34.3 Å². The van der Waals surface area contributed by atoms with Crippen LogP contribution in [0.2, 0.25) is 5.02 Å². The molecule has 0 bridgehead atoms. The minimum absolute atomic E-state index is 0.0233. The molecule has 1 aromatic heterocycles. The highest BCUT2D eigenvalue weighted by atomic mass is 35.5. The molecule has 2 heterocycles. The SMILES string of the molecule is O=C(O)CC(NC(=O)CCC(=O)N1CCc2sccc2C1)c1ccc(Cl)cc1. The quantitative estimate of drug-likeness (QED) is 0.718. The molecule has 0 saturated carbocycles. The van der Waals surface area contributed by atoms with Gasteiger partial charge in [-0.05, 0) is 41.1 Å². The Morgan fingerprint density at radius 3 is 2.64 bits per heavy atom. The van der Waals surface area contributed by atoms with Crippen molar-refractivity contribution in [2.75, 3.05) is 6.54 Å². The Balaban J connectivity index is 1.53. The van der Waals surface area contributed by atoms with E-state index in [9.17, 15) is 14.4 Å². The molecule has 2 amide bonds. The van der Waals surface area contributed by atoms with Crippen LogP contribution in [0.3, 0.4) is 0 Å². The molecule has 0 aliphatic carbocycles. The smallest absolute Gasteiger partial charge is 0.305 e. The third kappa shape index (κ3) is 5.33. The van der Waals surface area contributed by atoms with E-state index in [4.69, 9.17) is 16.7 Å². The number of carboxylic acids is 1. The number of amides is 2. The molecule has 1 atom stereocenters. The van der Waals surface area contributed by atoms with Crippen LogP contribution in [0.25, 0.3) is 0 Å². The summed E-state index contributed by atoms with van der Waals surface area (Å²) in [5, 5.41) is 14.4. The van der Waals surface area contributed by atoms with Crippen molar-refractivity contribution in [2.45, 2.75) is 38.3 Å². The van der Waals surface area contributed by atoms with Crippen LogP contribution in [0.1, 0.15) is 41.3 Å². The minimum Gasteiger partial charge on any atom is -0.481 e. The zero-order valence-electron chi connectivity index (χ0n) is 15.2. The summed E-state index contributed by atoms with van der Waals surface area (Å²) >= 11 is 7.57. The Morgan fingerprint density at radius 2 is 1.93 bits per heavy atom. The average Bonchev–Trinajstić information content (AvgIpc) is 3.13. The first-order chi connectivity index (χ1) is 13.4. The zero-order valence-corrected chi connectivity index (χ0v) is 16.8. The van der Waals surface area contributed by atoms with Crippen molar-refractivity contribution in [1.82, 2.24) is 10.2 Å². The van der Waals surface area contributed by atoms with Crippen molar-refractivity contribution in [3.63, 3.8) is 0 Å². The second kappa shape index (κ2) is 9.21. The van der Waals surface area contributed by atoms with Crippen LogP contribution in [0.15, 0.2) is 35.7 Å². The molecule has 1 aliphatic rings. The van der Waals surface area contributed by atoms with Gasteiger partial charge in [0.25, 0.3) is 0 Å². The summed E-state index contributed by atoms with van der Waals surface area (Å²) in [6, 6.07) is 8.05. The van der Waals surface area contributed by atoms with Crippen LogP contribution in [0, 0.1) is 0 Å². The van der Waals surface area contributed by atoms with Gasteiger partial charge >= 0.3 is 5.97 Å². The lowest BCUT2D eigenvalue weighted by Gasteiger charge is -2.27. The lowest BCUT2D eigenvalue weighted by molar-refractivity contribution is -0.138. The van der Waals surface area contributed by atoms with Gasteiger partial charge in [-0.2, -0.15) is 0 Å². The Morgan fingerprint density at radius 1 is 1.18 bits per heavy atom. The van der Waals surface area contributed by atoms with Gasteiger partial charge in [0.1, 0.15) is 0 Å². The lowest BCUT2D eigenvalue weighted by Crippen LogP contribution is -2.36. The van der Waals surface area contributed by atoms with Crippen LogP contribution in [0.5, 0.6) is 0 Å². The number of rotatable bonds is 7. The van der Waals surface area contributed by atoms with E-state index in [-0.39, 0.29) is 31.1 Å². The molecule has 2 aromatic rings. The number of aliphatic carboxylic acids is 1. The Kier molecular flexibility index (Phi) is 6.70. The van der Waals surface area contributed by atoms with Crippen LogP contribution >= 0.6 is 22.9 Å². The molecular formula is C20H21ClN2O4S. The largest absolute Gasteiger partial charge is 0.481 e. The first kappa shape index (κ1) is 20.4. The fourth-order valence-corrected chi connectivity index (χ4v) is 4.24. The van der Waals surface area contributed by atoms with E-state index in [1.165, 1.54) is 10.4 Å². The maximum absolute atomic E-state index is 12.4. The summed E-state index contributed by atoms with van der Waals surface area (Å²) in [4.78, 5) is 39.0. The molecule has 3 rings (SSSR count). The lowest BCUT2D eigenvalue weighted by atomic mass is 10.0. The van der Waals surface area contributed by atoms with Gasteiger partial charge < -0.3 is 15.3 Å². The Labute approximate surface area is 172 Å². The average molecular weight is 421 g/mol. The third-order valence-corrected chi connectivity index (χ3v) is 5.99. The fraction of sp³-hybridized carbons (Fsp3) is 0.350. The maximum Gasteiger partial charge on any atom is 0.305 e. The number of benzene rings is 1. The van der Waals surface area contributed by atoms with E-state index in [1.54, 1.807) is 40.5 Å². The number of thiophene rings is 1. The number of nitrogens with zero attached hydrogens (tertiary/aromatic N) is 1. The predicted molar refractivity (Wildman–Crippen MR) is 107 cm³/mol. The molecule has 1 unspecified atom stereocenters. The zero-order chi connectivity index (χ0) is 20.1. The summed E-state index contributed by atoms with van der Waals surface area (Å²) < 4.78 is 0. The molecule has 1 aromatic carbocycles. The Hall–Kier alpha value is -2.38. The standard InChI is InChI=1S/C20H21ClN2O4S/c21-15-3-1-13(2-4-15)16(11-20(26)27)22-18(24)5-6-19(25)23-9-7-17-14(12-23)8-10-28-17/h1-4,8,10,16H,5-7,9,11-12H2,(H,22,24)(H,26,27). The van der Waals surface area contributed by atoms with Crippen molar-refractivity contribution in [3.8, 4) is 0 Å². The fourth-order valence-electron chi connectivity index (χ4n) is 3.23. The number of halogens is 1. The van der Waals surface area contributed by atoms with Crippen molar-refractivity contribution in [3.05, 3.63) is 56.7 Å². The van der Waals surface area contributed by atoms with Gasteiger partial charge in [0, 0.05) is 35.8 Å². The highest BCUT2D eigenvalue weighted by Gasteiger charge is 2.23. The third-order valence-electron chi connectivity index (χ3n) is 4.71. The van der Waals surface area contributed by atoms with Gasteiger partial charge in [-0.15, -0.1) is 11.3 Å². The van der Waals surface area contributed by atoms with Gasteiger partial charge in [0.2, 0.25) is 11.8 Å². The first-order valence-corrected chi connectivity index (χ1v) is 10.3. The van der Waals surface area contributed by atoms with Crippen molar-refractivity contribution in [1.29, 1.82) is 0 Å². The Bertz CT molecular complexity index is 865. The predicted octanol–water partition coefficient (Wildman–Crippen LogP) is 3.40. The minimum atomic E-state index is -1.02.